The first kappa shape index (κ1) is 42.6. The van der Waals surface area contributed by atoms with Gasteiger partial charge in [-0.1, -0.05) is 34.6 Å². The van der Waals surface area contributed by atoms with Crippen molar-refractivity contribution in [1.29, 1.82) is 0 Å². The number of aliphatic hydroxyl groups is 9. The molecule has 21 unspecified atom stereocenters. The highest BCUT2D eigenvalue weighted by Crippen LogP contribution is 2.76. The third-order valence-electron chi connectivity index (χ3n) is 17.2. The van der Waals surface area contributed by atoms with Crippen molar-refractivity contribution >= 4 is 0 Å². The maximum absolute atomic E-state index is 12.3. The number of aliphatic hydroxyl groups excluding tert-OH is 9. The van der Waals surface area contributed by atoms with Gasteiger partial charge in [-0.25, -0.2) is 0 Å². The van der Waals surface area contributed by atoms with Gasteiger partial charge in [0.1, 0.15) is 48.8 Å². The zero-order chi connectivity index (χ0) is 40.4. The average Bonchev–Trinajstić information content (AvgIpc) is 3.49. The van der Waals surface area contributed by atoms with Crippen LogP contribution in [0, 0.1) is 45.3 Å². The topological polar surface area (TPSA) is 228 Å². The molecule has 9 N–H and O–H groups in total. The molecule has 0 aromatic heterocycles. The predicted octanol–water partition coefficient (Wildman–Crippen LogP) is 0.970. The third-order valence-corrected chi connectivity index (χ3v) is 17.2. The second-order valence-electron chi connectivity index (χ2n) is 20.7. The maximum Gasteiger partial charge on any atom is 0.187 e. The minimum absolute atomic E-state index is 0.0179. The fourth-order valence-electron chi connectivity index (χ4n) is 14.1. The molecule has 0 bridgehead atoms. The van der Waals surface area contributed by atoms with Gasteiger partial charge < -0.3 is 69.6 Å². The van der Waals surface area contributed by atoms with E-state index >= 15 is 0 Å². The molecule has 7 aliphatic rings. The molecule has 21 atom stereocenters. The summed E-state index contributed by atoms with van der Waals surface area (Å²) in [6, 6.07) is 0. The first-order chi connectivity index (χ1) is 25.5. The Morgan fingerprint density at radius 2 is 1.33 bits per heavy atom. The summed E-state index contributed by atoms with van der Waals surface area (Å²) in [7, 11) is 0. The van der Waals surface area contributed by atoms with Crippen molar-refractivity contribution in [2.24, 2.45) is 45.3 Å². The molecule has 7 fully saturated rings. The van der Waals surface area contributed by atoms with Gasteiger partial charge in [0.25, 0.3) is 0 Å². The molecule has 3 heterocycles. The highest BCUT2D eigenvalue weighted by Gasteiger charge is 2.72. The number of hydrogen-bond donors (Lipinski definition) is 9. The summed E-state index contributed by atoms with van der Waals surface area (Å²) in [6.07, 6.45) is -9.58. The molecule has 7 rings (SSSR count). The van der Waals surface area contributed by atoms with Crippen LogP contribution < -0.4 is 0 Å². The highest BCUT2D eigenvalue weighted by atomic mass is 16.8. The zero-order valence-corrected chi connectivity index (χ0v) is 34.0. The van der Waals surface area contributed by atoms with E-state index < -0.39 is 91.4 Å². The molecule has 318 valence electrons. The SMILES string of the molecule is CC1(C)OC(C)(C2CCC3(C)C2C(O)CC2C4(C)CCC(OC5OCC(O)C(O)C5OC5OC(CO)C(O)C(O)C5O)C(C)(C)C4CCC23C)CC(O)C1O. The minimum Gasteiger partial charge on any atom is -0.394 e. The Labute approximate surface area is 325 Å². The Balaban J connectivity index is 1.10. The van der Waals surface area contributed by atoms with E-state index in [0.717, 1.165) is 32.1 Å². The fraction of sp³-hybridized carbons (Fsp3) is 1.00. The van der Waals surface area contributed by atoms with Gasteiger partial charge in [-0.05, 0) is 111 Å². The lowest BCUT2D eigenvalue weighted by atomic mass is 9.35. The van der Waals surface area contributed by atoms with Crippen molar-refractivity contribution in [3.8, 4) is 0 Å². The second-order valence-corrected chi connectivity index (χ2v) is 20.7. The maximum atomic E-state index is 12.3. The molecule has 55 heavy (non-hydrogen) atoms. The van der Waals surface area contributed by atoms with Crippen molar-refractivity contribution in [1.82, 2.24) is 0 Å². The van der Waals surface area contributed by atoms with Gasteiger partial charge >= 0.3 is 0 Å². The molecule has 0 aromatic carbocycles. The van der Waals surface area contributed by atoms with Gasteiger partial charge in [-0.2, -0.15) is 0 Å². The molecule has 0 aromatic rings. The van der Waals surface area contributed by atoms with Crippen LogP contribution in [0.3, 0.4) is 0 Å². The summed E-state index contributed by atoms with van der Waals surface area (Å²) in [4.78, 5) is 0. The van der Waals surface area contributed by atoms with Crippen LogP contribution >= 0.6 is 0 Å². The van der Waals surface area contributed by atoms with Gasteiger partial charge in [0.05, 0.1) is 42.7 Å². The molecule has 0 radical (unpaired) electrons. The molecular weight excluding hydrogens is 716 g/mol. The van der Waals surface area contributed by atoms with Crippen LogP contribution in [0.25, 0.3) is 0 Å². The Bertz CT molecular complexity index is 1400. The summed E-state index contributed by atoms with van der Waals surface area (Å²) in [5.41, 5.74) is -2.38. The Kier molecular flexibility index (Phi) is 11.1. The highest BCUT2D eigenvalue weighted by molar-refractivity contribution is 5.21. The van der Waals surface area contributed by atoms with Crippen molar-refractivity contribution in [2.45, 2.75) is 198 Å². The normalized spacial score (nSPS) is 57.7. The molecular formula is C41H70O14. The summed E-state index contributed by atoms with van der Waals surface area (Å²) < 4.78 is 30.9. The van der Waals surface area contributed by atoms with Crippen molar-refractivity contribution < 1.29 is 69.6 Å². The molecule has 4 aliphatic carbocycles. The van der Waals surface area contributed by atoms with Crippen LogP contribution in [0.15, 0.2) is 0 Å². The van der Waals surface area contributed by atoms with Gasteiger partial charge in [-0.15, -0.1) is 0 Å². The monoisotopic (exact) mass is 786 g/mol. The Hall–Kier alpha value is -0.560. The van der Waals surface area contributed by atoms with Crippen LogP contribution in [0.2, 0.25) is 0 Å². The Morgan fingerprint density at radius 3 is 1.98 bits per heavy atom. The minimum atomic E-state index is -1.71. The van der Waals surface area contributed by atoms with Gasteiger partial charge in [0, 0.05) is 6.42 Å². The van der Waals surface area contributed by atoms with Crippen LogP contribution in [0.5, 0.6) is 0 Å². The number of fused-ring (bicyclic) bond motifs is 5. The van der Waals surface area contributed by atoms with E-state index in [4.69, 9.17) is 23.7 Å². The third kappa shape index (κ3) is 6.42. The van der Waals surface area contributed by atoms with E-state index in [0.29, 0.717) is 19.3 Å². The van der Waals surface area contributed by atoms with E-state index in [2.05, 4.69) is 41.5 Å². The van der Waals surface area contributed by atoms with E-state index in [1.165, 1.54) is 0 Å². The molecule has 14 heteroatoms. The van der Waals surface area contributed by atoms with E-state index in [9.17, 15) is 46.0 Å². The molecule has 3 saturated heterocycles. The van der Waals surface area contributed by atoms with E-state index in [-0.39, 0.29) is 58.0 Å². The molecule has 4 saturated carbocycles. The second kappa shape index (κ2) is 14.3. The first-order valence-electron chi connectivity index (χ1n) is 20.8. The van der Waals surface area contributed by atoms with E-state index in [1.54, 1.807) is 0 Å². The van der Waals surface area contributed by atoms with Gasteiger partial charge in [-0.3, -0.25) is 0 Å². The molecule has 0 spiro atoms. The number of ether oxygens (including phenoxy) is 5. The van der Waals surface area contributed by atoms with Crippen LogP contribution in [-0.4, -0.2) is 150 Å². The fourth-order valence-corrected chi connectivity index (χ4v) is 14.1. The summed E-state index contributed by atoms with van der Waals surface area (Å²) in [5.74, 6) is 0.445. The molecule has 3 aliphatic heterocycles. The van der Waals surface area contributed by atoms with Crippen molar-refractivity contribution in [3.05, 3.63) is 0 Å². The van der Waals surface area contributed by atoms with Crippen molar-refractivity contribution in [2.75, 3.05) is 13.2 Å². The lowest BCUT2D eigenvalue weighted by Gasteiger charge is -2.71. The van der Waals surface area contributed by atoms with Crippen LogP contribution in [-0.2, 0) is 23.7 Å². The molecule has 14 nitrogen and oxygen atoms in total. The largest absolute Gasteiger partial charge is 0.394 e. The zero-order valence-electron chi connectivity index (χ0n) is 34.0. The summed E-state index contributed by atoms with van der Waals surface area (Å²) in [6.45, 7) is 16.5. The first-order valence-corrected chi connectivity index (χ1v) is 20.8. The van der Waals surface area contributed by atoms with Crippen LogP contribution in [0.4, 0.5) is 0 Å². The van der Waals surface area contributed by atoms with Crippen LogP contribution in [0.1, 0.15) is 107 Å². The lowest BCUT2D eigenvalue weighted by Crippen LogP contribution is -2.68. The van der Waals surface area contributed by atoms with Crippen molar-refractivity contribution in [3.63, 3.8) is 0 Å². The summed E-state index contributed by atoms with van der Waals surface area (Å²) in [5, 5.41) is 96.7. The lowest BCUT2D eigenvalue weighted by molar-refractivity contribution is -0.367. The number of hydrogen-bond acceptors (Lipinski definition) is 14. The Morgan fingerprint density at radius 1 is 0.655 bits per heavy atom. The quantitative estimate of drug-likeness (QED) is 0.171. The average molecular weight is 787 g/mol. The van der Waals surface area contributed by atoms with E-state index in [1.807, 2.05) is 13.8 Å². The van der Waals surface area contributed by atoms with Gasteiger partial charge in [0.15, 0.2) is 12.6 Å². The summed E-state index contributed by atoms with van der Waals surface area (Å²) >= 11 is 0. The predicted molar refractivity (Wildman–Crippen MR) is 196 cm³/mol. The van der Waals surface area contributed by atoms with Gasteiger partial charge in [0.2, 0.25) is 0 Å². The standard InChI is InChI=1S/C41H70O14/c1-36(2)24-10-14-39(6)25(15-20(43)27-19(9-13-40(27,39)7)41(8)16-21(44)33(50)37(3,4)55-41)38(24,5)12-11-26(36)53-35-32(28(46)22(45)18-51-35)54-34-31(49)30(48)29(47)23(17-42)52-34/h19-35,42-50H,9-18H2,1-8H3. The smallest absolute Gasteiger partial charge is 0.187 e. The number of rotatable bonds is 6. The molecule has 0 amide bonds.